The zero-order chi connectivity index (χ0) is 19.1. The average Bonchev–Trinajstić information content (AvgIpc) is 2.64. The molecule has 4 heteroatoms. The number of hydrogen-bond acceptors (Lipinski definition) is 4. The van der Waals surface area contributed by atoms with Gasteiger partial charge in [0.25, 0.3) is 0 Å². The van der Waals surface area contributed by atoms with Crippen molar-refractivity contribution in [3.8, 4) is 0 Å². The summed E-state index contributed by atoms with van der Waals surface area (Å²) in [5.74, 6) is 0.592. The number of methoxy groups -OCH3 is 1. The summed E-state index contributed by atoms with van der Waals surface area (Å²) in [6.45, 7) is 7.67. The van der Waals surface area contributed by atoms with E-state index in [2.05, 4.69) is 43.9 Å². The molecule has 0 unspecified atom stereocenters. The number of benzene rings is 1. The fourth-order valence-electron chi connectivity index (χ4n) is 4.10. The maximum absolute atomic E-state index is 11.7. The van der Waals surface area contributed by atoms with E-state index < -0.39 is 0 Å². The zero-order valence-electron chi connectivity index (χ0n) is 17.0. The molecule has 2 rings (SSSR count). The first-order valence-electron chi connectivity index (χ1n) is 10.2. The van der Waals surface area contributed by atoms with Crippen LogP contribution in [0.1, 0.15) is 77.2 Å². The number of anilines is 2. The minimum absolute atomic E-state index is 0.159. The van der Waals surface area contributed by atoms with Crippen molar-refractivity contribution in [2.75, 3.05) is 24.3 Å². The quantitative estimate of drug-likeness (QED) is 0.516. The Bertz CT molecular complexity index is 580. The summed E-state index contributed by atoms with van der Waals surface area (Å²) in [6.07, 6.45) is 7.80. The Kier molecular flexibility index (Phi) is 7.80. The number of nitrogen functional groups attached to an aromatic ring is 1. The van der Waals surface area contributed by atoms with Crippen LogP contribution in [-0.4, -0.2) is 25.7 Å². The van der Waals surface area contributed by atoms with Crippen LogP contribution in [-0.2, 0) is 9.53 Å². The van der Waals surface area contributed by atoms with Crippen LogP contribution in [0.25, 0.3) is 0 Å². The number of nitrogens with two attached hydrogens (primary N) is 1. The smallest absolute Gasteiger partial charge is 0.306 e. The molecule has 0 spiro atoms. The molecule has 4 nitrogen and oxygen atoms in total. The van der Waals surface area contributed by atoms with E-state index in [1.807, 2.05) is 0 Å². The van der Waals surface area contributed by atoms with Crippen molar-refractivity contribution in [1.82, 2.24) is 0 Å². The summed E-state index contributed by atoms with van der Waals surface area (Å²) in [5, 5.41) is 0. The molecule has 0 bridgehead atoms. The first-order chi connectivity index (χ1) is 12.5. The van der Waals surface area contributed by atoms with Gasteiger partial charge in [-0.1, -0.05) is 46.1 Å². The number of hydrogen-bond donors (Lipinski definition) is 1. The Morgan fingerprint density at radius 2 is 1.96 bits per heavy atom. The lowest BCUT2D eigenvalue weighted by Gasteiger charge is -2.38. The fourth-order valence-corrected chi connectivity index (χ4v) is 4.10. The first-order valence-corrected chi connectivity index (χ1v) is 10.2. The topological polar surface area (TPSA) is 55.6 Å². The van der Waals surface area contributed by atoms with Crippen LogP contribution in [0.3, 0.4) is 0 Å². The van der Waals surface area contributed by atoms with E-state index >= 15 is 0 Å². The highest BCUT2D eigenvalue weighted by atomic mass is 16.5. The fraction of sp³-hybridized carbons (Fsp3) is 0.682. The van der Waals surface area contributed by atoms with Crippen LogP contribution < -0.4 is 10.6 Å². The average molecular weight is 361 g/mol. The number of rotatable bonds is 8. The van der Waals surface area contributed by atoms with Crippen molar-refractivity contribution in [2.24, 2.45) is 5.92 Å². The van der Waals surface area contributed by atoms with E-state index in [4.69, 9.17) is 10.5 Å². The van der Waals surface area contributed by atoms with Crippen molar-refractivity contribution in [2.45, 2.75) is 77.7 Å². The van der Waals surface area contributed by atoms with Crippen LogP contribution in [0.2, 0.25) is 0 Å². The molecule has 0 radical (unpaired) electrons. The van der Waals surface area contributed by atoms with E-state index in [1.165, 1.54) is 39.2 Å². The Morgan fingerprint density at radius 1 is 1.27 bits per heavy atom. The summed E-state index contributed by atoms with van der Waals surface area (Å²) >= 11 is 0. The number of nitrogens with zero attached hydrogens (tertiary/aromatic N) is 1. The summed E-state index contributed by atoms with van der Waals surface area (Å²) in [6, 6.07) is 6.99. The van der Waals surface area contributed by atoms with Crippen LogP contribution in [0.5, 0.6) is 0 Å². The van der Waals surface area contributed by atoms with Gasteiger partial charge in [0.05, 0.1) is 24.9 Å². The molecule has 0 aliphatic heterocycles. The van der Waals surface area contributed by atoms with Gasteiger partial charge in [0, 0.05) is 12.6 Å². The largest absolute Gasteiger partial charge is 0.469 e. The van der Waals surface area contributed by atoms with Crippen molar-refractivity contribution in [1.29, 1.82) is 0 Å². The zero-order valence-corrected chi connectivity index (χ0v) is 17.0. The van der Waals surface area contributed by atoms with Crippen molar-refractivity contribution in [3.05, 3.63) is 23.8 Å². The molecular weight excluding hydrogens is 324 g/mol. The molecule has 1 atom stereocenters. The lowest BCUT2D eigenvalue weighted by atomic mass is 9.91. The summed E-state index contributed by atoms with van der Waals surface area (Å²) in [7, 11) is 1.44. The van der Waals surface area contributed by atoms with Crippen molar-refractivity contribution >= 4 is 17.3 Å². The first kappa shape index (κ1) is 20.6. The van der Waals surface area contributed by atoms with Crippen molar-refractivity contribution in [3.63, 3.8) is 0 Å². The number of ether oxygens (including phenoxy) is 1. The highest BCUT2D eigenvalue weighted by Crippen LogP contribution is 2.35. The predicted octanol–water partition coefficient (Wildman–Crippen LogP) is 5.12. The lowest BCUT2D eigenvalue weighted by Crippen LogP contribution is -2.39. The van der Waals surface area contributed by atoms with Crippen LogP contribution in [0.4, 0.5) is 11.4 Å². The minimum atomic E-state index is -0.164. The van der Waals surface area contributed by atoms with E-state index in [9.17, 15) is 4.79 Å². The maximum atomic E-state index is 11.7. The minimum Gasteiger partial charge on any atom is -0.469 e. The number of esters is 1. The third-order valence-electron chi connectivity index (χ3n) is 5.54. The summed E-state index contributed by atoms with van der Waals surface area (Å²) in [5.41, 5.74) is 9.62. The van der Waals surface area contributed by atoms with Gasteiger partial charge < -0.3 is 15.4 Å². The molecule has 1 aromatic rings. The molecule has 1 saturated carbocycles. The summed E-state index contributed by atoms with van der Waals surface area (Å²) < 4.78 is 4.84. The van der Waals surface area contributed by atoms with E-state index in [-0.39, 0.29) is 11.9 Å². The SMILES string of the molecule is CC[C@H](CC(=O)OC)c1ccc(N(CC(C)C)C2CCCCC2)c(N)c1. The monoisotopic (exact) mass is 360 g/mol. The summed E-state index contributed by atoms with van der Waals surface area (Å²) in [4.78, 5) is 14.2. The van der Waals surface area contributed by atoms with E-state index in [1.54, 1.807) is 0 Å². The van der Waals surface area contributed by atoms with Gasteiger partial charge in [-0.2, -0.15) is 0 Å². The number of carbonyl (C=O) groups is 1. The second-order valence-electron chi connectivity index (χ2n) is 8.04. The molecule has 26 heavy (non-hydrogen) atoms. The van der Waals surface area contributed by atoms with Gasteiger partial charge in [-0.3, -0.25) is 4.79 Å². The molecule has 1 aliphatic carbocycles. The van der Waals surface area contributed by atoms with Crippen LogP contribution >= 0.6 is 0 Å². The van der Waals surface area contributed by atoms with Crippen molar-refractivity contribution < 1.29 is 9.53 Å². The molecular formula is C22H36N2O2. The molecule has 0 amide bonds. The molecule has 146 valence electrons. The predicted molar refractivity (Wildman–Crippen MR) is 110 cm³/mol. The molecule has 0 saturated heterocycles. The third-order valence-corrected chi connectivity index (χ3v) is 5.54. The molecule has 1 aromatic carbocycles. The molecule has 1 aliphatic rings. The van der Waals surface area contributed by atoms with Crippen LogP contribution in [0.15, 0.2) is 18.2 Å². The second-order valence-corrected chi connectivity index (χ2v) is 8.04. The van der Waals surface area contributed by atoms with Crippen LogP contribution in [0, 0.1) is 5.92 Å². The highest BCUT2D eigenvalue weighted by molar-refractivity contribution is 5.72. The van der Waals surface area contributed by atoms with E-state index in [0.29, 0.717) is 18.4 Å². The molecule has 1 fully saturated rings. The van der Waals surface area contributed by atoms with Gasteiger partial charge in [-0.15, -0.1) is 0 Å². The van der Waals surface area contributed by atoms with Gasteiger partial charge in [-0.25, -0.2) is 0 Å². The van der Waals surface area contributed by atoms with E-state index in [0.717, 1.165) is 29.9 Å². The lowest BCUT2D eigenvalue weighted by molar-refractivity contribution is -0.141. The van der Waals surface area contributed by atoms with Gasteiger partial charge >= 0.3 is 5.97 Å². The van der Waals surface area contributed by atoms with Gasteiger partial charge in [0.15, 0.2) is 0 Å². The Balaban J connectivity index is 2.25. The third kappa shape index (κ3) is 5.39. The van der Waals surface area contributed by atoms with Gasteiger partial charge in [0.2, 0.25) is 0 Å². The molecule has 0 heterocycles. The Labute approximate surface area is 159 Å². The standard InChI is InChI=1S/C22H36N2O2/c1-5-17(14-22(25)26-4)18-11-12-21(20(23)13-18)24(15-16(2)3)19-9-7-6-8-10-19/h11-13,16-17,19H,5-10,14-15,23H2,1-4H3/t17-/m1/s1. The number of carbonyl (C=O) groups excluding carboxylic acids is 1. The van der Waals surface area contributed by atoms with Gasteiger partial charge in [-0.05, 0) is 48.8 Å². The van der Waals surface area contributed by atoms with Gasteiger partial charge in [0.1, 0.15) is 0 Å². The Morgan fingerprint density at radius 3 is 2.50 bits per heavy atom. The molecule has 0 aromatic heterocycles. The maximum Gasteiger partial charge on any atom is 0.306 e. The normalized spacial score (nSPS) is 16.5. The molecule has 2 N–H and O–H groups in total. The Hall–Kier alpha value is -1.71. The highest BCUT2D eigenvalue weighted by Gasteiger charge is 2.24. The second kappa shape index (κ2) is 9.84.